The minimum Gasteiger partial charge on any atom is -0.394 e. The lowest BCUT2D eigenvalue weighted by atomic mass is 10.2. The predicted octanol–water partition coefficient (Wildman–Crippen LogP) is 2.01. The molecule has 5 heteroatoms. The zero-order valence-electron chi connectivity index (χ0n) is 12.4. The molecule has 1 heterocycles. The van der Waals surface area contributed by atoms with Crippen molar-refractivity contribution in [1.82, 2.24) is 9.55 Å². The van der Waals surface area contributed by atoms with Gasteiger partial charge in [0.05, 0.1) is 23.7 Å². The van der Waals surface area contributed by atoms with Crippen molar-refractivity contribution in [2.45, 2.75) is 6.10 Å². The minimum absolute atomic E-state index is 0.253. The molecule has 0 aliphatic heterocycles. The fourth-order valence-electron chi connectivity index (χ4n) is 2.46. The molecule has 0 saturated carbocycles. The van der Waals surface area contributed by atoms with E-state index in [1.54, 1.807) is 0 Å². The number of nitrogens with zero attached hydrogens (tertiary/aromatic N) is 2. The Morgan fingerprint density at radius 2 is 1.95 bits per heavy atom. The summed E-state index contributed by atoms with van der Waals surface area (Å²) in [7, 11) is 2.00. The van der Waals surface area contributed by atoms with Crippen molar-refractivity contribution in [1.29, 1.82) is 0 Å². The summed E-state index contributed by atoms with van der Waals surface area (Å²) in [5, 5.41) is 21.3. The SMILES string of the molecule is Cn1c(-c2ccccc2)nc2cc(NCC(O)CO)ccc21. The molecule has 2 aromatic carbocycles. The van der Waals surface area contributed by atoms with Gasteiger partial charge in [0.2, 0.25) is 0 Å². The molecule has 3 aromatic rings. The molecule has 3 N–H and O–H groups in total. The largest absolute Gasteiger partial charge is 0.394 e. The zero-order chi connectivity index (χ0) is 15.5. The monoisotopic (exact) mass is 297 g/mol. The highest BCUT2D eigenvalue weighted by atomic mass is 16.3. The first-order valence-corrected chi connectivity index (χ1v) is 7.23. The van der Waals surface area contributed by atoms with Crippen LogP contribution in [0.3, 0.4) is 0 Å². The maximum absolute atomic E-state index is 9.40. The molecule has 1 aromatic heterocycles. The Labute approximate surface area is 128 Å². The van der Waals surface area contributed by atoms with E-state index >= 15 is 0 Å². The predicted molar refractivity (Wildman–Crippen MR) is 87.7 cm³/mol. The lowest BCUT2D eigenvalue weighted by Gasteiger charge is -2.10. The van der Waals surface area contributed by atoms with Crippen LogP contribution < -0.4 is 5.32 Å². The number of nitrogens with one attached hydrogen (secondary N) is 1. The topological polar surface area (TPSA) is 70.3 Å². The van der Waals surface area contributed by atoms with Crippen LogP contribution in [-0.4, -0.2) is 39.0 Å². The molecule has 0 spiro atoms. The van der Waals surface area contributed by atoms with Crippen LogP contribution in [-0.2, 0) is 7.05 Å². The molecule has 0 amide bonds. The van der Waals surface area contributed by atoms with Gasteiger partial charge in [-0.2, -0.15) is 0 Å². The first-order chi connectivity index (χ1) is 10.7. The van der Waals surface area contributed by atoms with E-state index in [-0.39, 0.29) is 6.61 Å². The molecule has 5 nitrogen and oxygen atoms in total. The van der Waals surface area contributed by atoms with Gasteiger partial charge in [0.15, 0.2) is 0 Å². The number of imidazole rings is 1. The third-order valence-corrected chi connectivity index (χ3v) is 3.67. The number of anilines is 1. The highest BCUT2D eigenvalue weighted by molar-refractivity contribution is 5.83. The lowest BCUT2D eigenvalue weighted by Crippen LogP contribution is -2.22. The van der Waals surface area contributed by atoms with Gasteiger partial charge < -0.3 is 20.1 Å². The third kappa shape index (κ3) is 2.81. The lowest BCUT2D eigenvalue weighted by molar-refractivity contribution is 0.105. The fourth-order valence-corrected chi connectivity index (χ4v) is 2.46. The molecule has 3 rings (SSSR count). The van der Waals surface area contributed by atoms with Crippen molar-refractivity contribution in [2.24, 2.45) is 7.05 Å². The van der Waals surface area contributed by atoms with Crippen molar-refractivity contribution in [3.8, 4) is 11.4 Å². The van der Waals surface area contributed by atoms with Gasteiger partial charge in [-0.1, -0.05) is 30.3 Å². The Hall–Kier alpha value is -2.37. The second-order valence-corrected chi connectivity index (χ2v) is 5.28. The van der Waals surface area contributed by atoms with Crippen LogP contribution in [0.1, 0.15) is 0 Å². The maximum Gasteiger partial charge on any atom is 0.140 e. The van der Waals surface area contributed by atoms with E-state index < -0.39 is 6.10 Å². The summed E-state index contributed by atoms with van der Waals surface area (Å²) in [5.74, 6) is 0.920. The quantitative estimate of drug-likeness (QED) is 0.674. The van der Waals surface area contributed by atoms with Crippen LogP contribution in [0, 0.1) is 0 Å². The Bertz CT molecular complexity index is 768. The smallest absolute Gasteiger partial charge is 0.140 e. The first-order valence-electron chi connectivity index (χ1n) is 7.23. The maximum atomic E-state index is 9.40. The van der Waals surface area contributed by atoms with E-state index in [9.17, 15) is 5.11 Å². The summed E-state index contributed by atoms with van der Waals surface area (Å²) < 4.78 is 2.07. The number of benzene rings is 2. The van der Waals surface area contributed by atoms with Gasteiger partial charge in [0, 0.05) is 24.8 Å². The Kier molecular flexibility index (Phi) is 4.09. The van der Waals surface area contributed by atoms with Gasteiger partial charge in [-0.15, -0.1) is 0 Å². The van der Waals surface area contributed by atoms with Crippen LogP contribution in [0.25, 0.3) is 22.4 Å². The summed E-state index contributed by atoms with van der Waals surface area (Å²) in [6.45, 7) is 0.0529. The molecule has 114 valence electrons. The number of fused-ring (bicyclic) bond motifs is 1. The number of aryl methyl sites for hydroxylation is 1. The highest BCUT2D eigenvalue weighted by Crippen LogP contribution is 2.25. The van der Waals surface area contributed by atoms with Gasteiger partial charge in [0.25, 0.3) is 0 Å². The number of aromatic nitrogens is 2. The zero-order valence-corrected chi connectivity index (χ0v) is 12.4. The van der Waals surface area contributed by atoms with Gasteiger partial charge in [-0.05, 0) is 18.2 Å². The Morgan fingerprint density at radius 3 is 2.68 bits per heavy atom. The minimum atomic E-state index is -0.765. The number of hydrogen-bond donors (Lipinski definition) is 3. The van der Waals surface area contributed by atoms with Gasteiger partial charge in [-0.25, -0.2) is 4.98 Å². The fraction of sp³-hybridized carbons (Fsp3) is 0.235. The van der Waals surface area contributed by atoms with Crippen LogP contribution in [0.4, 0.5) is 5.69 Å². The van der Waals surface area contributed by atoms with E-state index in [1.807, 2.05) is 55.6 Å². The van der Waals surface area contributed by atoms with Crippen molar-refractivity contribution < 1.29 is 10.2 Å². The number of aliphatic hydroxyl groups is 2. The molecule has 0 radical (unpaired) electrons. The average molecular weight is 297 g/mol. The average Bonchev–Trinajstić information content (AvgIpc) is 2.90. The molecule has 0 fully saturated rings. The number of rotatable bonds is 5. The molecule has 22 heavy (non-hydrogen) atoms. The molecule has 1 atom stereocenters. The molecule has 1 unspecified atom stereocenters. The first kappa shape index (κ1) is 14.6. The molecule has 0 saturated heterocycles. The van der Waals surface area contributed by atoms with Crippen molar-refractivity contribution in [2.75, 3.05) is 18.5 Å². The second-order valence-electron chi connectivity index (χ2n) is 5.28. The molecular weight excluding hydrogens is 278 g/mol. The van der Waals surface area contributed by atoms with Crippen LogP contribution >= 0.6 is 0 Å². The Balaban J connectivity index is 1.93. The van der Waals surface area contributed by atoms with E-state index in [2.05, 4.69) is 9.88 Å². The van der Waals surface area contributed by atoms with E-state index in [0.29, 0.717) is 6.54 Å². The van der Waals surface area contributed by atoms with E-state index in [0.717, 1.165) is 28.1 Å². The molecular formula is C17H19N3O2. The number of hydrogen-bond acceptors (Lipinski definition) is 4. The standard InChI is InChI=1S/C17H19N3O2/c1-20-16-8-7-13(18-10-14(22)11-21)9-15(16)19-17(20)12-5-3-2-4-6-12/h2-9,14,18,21-22H,10-11H2,1H3. The van der Waals surface area contributed by atoms with Crippen LogP contribution in [0.5, 0.6) is 0 Å². The van der Waals surface area contributed by atoms with Crippen molar-refractivity contribution >= 4 is 16.7 Å². The third-order valence-electron chi connectivity index (χ3n) is 3.67. The van der Waals surface area contributed by atoms with Crippen LogP contribution in [0.2, 0.25) is 0 Å². The summed E-state index contributed by atoms with van der Waals surface area (Å²) in [6, 6.07) is 16.0. The summed E-state index contributed by atoms with van der Waals surface area (Å²) in [5.41, 5.74) is 3.89. The summed E-state index contributed by atoms with van der Waals surface area (Å²) in [6.07, 6.45) is -0.765. The molecule has 0 aliphatic rings. The summed E-state index contributed by atoms with van der Waals surface area (Å²) in [4.78, 5) is 4.70. The van der Waals surface area contributed by atoms with E-state index in [1.165, 1.54) is 0 Å². The van der Waals surface area contributed by atoms with Gasteiger partial charge >= 0.3 is 0 Å². The van der Waals surface area contributed by atoms with Crippen LogP contribution in [0.15, 0.2) is 48.5 Å². The van der Waals surface area contributed by atoms with Gasteiger partial charge in [0.1, 0.15) is 5.82 Å². The van der Waals surface area contributed by atoms with Crippen molar-refractivity contribution in [3.63, 3.8) is 0 Å². The molecule has 0 bridgehead atoms. The number of aliphatic hydroxyl groups excluding tert-OH is 2. The second kappa shape index (κ2) is 6.17. The van der Waals surface area contributed by atoms with Crippen molar-refractivity contribution in [3.05, 3.63) is 48.5 Å². The molecule has 0 aliphatic carbocycles. The van der Waals surface area contributed by atoms with Gasteiger partial charge in [-0.3, -0.25) is 0 Å². The summed E-state index contributed by atoms with van der Waals surface area (Å²) >= 11 is 0. The normalized spacial score (nSPS) is 12.5. The highest BCUT2D eigenvalue weighted by Gasteiger charge is 2.10. The Morgan fingerprint density at radius 1 is 1.18 bits per heavy atom. The van der Waals surface area contributed by atoms with E-state index in [4.69, 9.17) is 10.1 Å².